The van der Waals surface area contributed by atoms with Gasteiger partial charge in [0.2, 0.25) is 10.0 Å². The Hall–Kier alpha value is -0.920. The first-order valence-electron chi connectivity index (χ1n) is 5.31. The highest BCUT2D eigenvalue weighted by atomic mass is 79.9. The van der Waals surface area contributed by atoms with Gasteiger partial charge < -0.3 is 5.11 Å². The topological polar surface area (TPSA) is 83.5 Å². The van der Waals surface area contributed by atoms with Crippen molar-refractivity contribution in [2.75, 3.05) is 5.75 Å². The van der Waals surface area contributed by atoms with Crippen LogP contribution in [0.15, 0.2) is 28.7 Å². The Morgan fingerprint density at radius 1 is 1.39 bits per heavy atom. The summed E-state index contributed by atoms with van der Waals surface area (Å²) in [5, 5.41) is 8.52. The zero-order valence-electron chi connectivity index (χ0n) is 9.76. The van der Waals surface area contributed by atoms with Crippen molar-refractivity contribution in [1.29, 1.82) is 0 Å². The van der Waals surface area contributed by atoms with Gasteiger partial charge in [0.15, 0.2) is 5.75 Å². The van der Waals surface area contributed by atoms with E-state index in [1.54, 1.807) is 12.1 Å². The minimum Gasteiger partial charge on any atom is -0.480 e. The van der Waals surface area contributed by atoms with Crippen LogP contribution in [0, 0.1) is 0 Å². The summed E-state index contributed by atoms with van der Waals surface area (Å²) in [6.07, 6.45) is 0.542. The summed E-state index contributed by atoms with van der Waals surface area (Å²) >= 11 is 3.29. The maximum absolute atomic E-state index is 11.5. The number of hydrogen-bond donors (Lipinski definition) is 2. The highest BCUT2D eigenvalue weighted by Crippen LogP contribution is 2.20. The molecule has 1 rings (SSSR count). The first-order valence-corrected chi connectivity index (χ1v) is 7.76. The van der Waals surface area contributed by atoms with Crippen LogP contribution in [0.25, 0.3) is 0 Å². The number of benzene rings is 1. The van der Waals surface area contributed by atoms with Crippen LogP contribution in [-0.2, 0) is 14.8 Å². The molecule has 0 bridgehead atoms. The van der Waals surface area contributed by atoms with Gasteiger partial charge >= 0.3 is 5.97 Å². The van der Waals surface area contributed by atoms with Crippen molar-refractivity contribution in [2.45, 2.75) is 19.4 Å². The SMILES string of the molecule is CCC(NS(=O)(=O)CC(=O)O)c1ccc(Br)cc1. The second-order valence-corrected chi connectivity index (χ2v) is 6.45. The van der Waals surface area contributed by atoms with Crippen molar-refractivity contribution >= 4 is 31.9 Å². The maximum Gasteiger partial charge on any atom is 0.320 e. The Morgan fingerprint density at radius 2 is 1.94 bits per heavy atom. The quantitative estimate of drug-likeness (QED) is 0.831. The molecule has 7 heteroatoms. The monoisotopic (exact) mass is 335 g/mol. The van der Waals surface area contributed by atoms with Crippen LogP contribution < -0.4 is 4.72 Å². The third-order valence-corrected chi connectivity index (χ3v) is 4.12. The number of sulfonamides is 1. The van der Waals surface area contributed by atoms with Crippen LogP contribution in [0.2, 0.25) is 0 Å². The van der Waals surface area contributed by atoms with Gasteiger partial charge in [-0.05, 0) is 24.1 Å². The number of halogens is 1. The Labute approximate surface area is 114 Å². The van der Waals surface area contributed by atoms with E-state index in [0.29, 0.717) is 6.42 Å². The first kappa shape index (κ1) is 15.1. The van der Waals surface area contributed by atoms with Gasteiger partial charge in [0.05, 0.1) is 0 Å². The molecule has 0 fully saturated rings. The van der Waals surface area contributed by atoms with E-state index in [4.69, 9.17) is 5.11 Å². The molecule has 18 heavy (non-hydrogen) atoms. The van der Waals surface area contributed by atoms with Crippen LogP contribution in [0.4, 0.5) is 0 Å². The maximum atomic E-state index is 11.5. The summed E-state index contributed by atoms with van der Waals surface area (Å²) < 4.78 is 26.4. The summed E-state index contributed by atoms with van der Waals surface area (Å²) in [4.78, 5) is 10.4. The second kappa shape index (κ2) is 6.31. The van der Waals surface area contributed by atoms with Crippen LogP contribution in [-0.4, -0.2) is 25.2 Å². The van der Waals surface area contributed by atoms with Crippen molar-refractivity contribution in [3.05, 3.63) is 34.3 Å². The molecule has 1 aromatic carbocycles. The molecule has 0 saturated heterocycles. The number of rotatable bonds is 6. The average molecular weight is 336 g/mol. The molecular formula is C11H14BrNO4S. The van der Waals surface area contributed by atoms with Gasteiger partial charge in [0, 0.05) is 10.5 Å². The molecule has 1 atom stereocenters. The highest BCUT2D eigenvalue weighted by molar-refractivity contribution is 9.10. The zero-order valence-corrected chi connectivity index (χ0v) is 12.2. The summed E-state index contributed by atoms with van der Waals surface area (Å²) in [6.45, 7) is 1.83. The van der Waals surface area contributed by atoms with Crippen LogP contribution in [0.5, 0.6) is 0 Å². The molecule has 2 N–H and O–H groups in total. The van der Waals surface area contributed by atoms with Crippen LogP contribution >= 0.6 is 15.9 Å². The lowest BCUT2D eigenvalue weighted by Gasteiger charge is -2.16. The van der Waals surface area contributed by atoms with E-state index in [0.717, 1.165) is 10.0 Å². The van der Waals surface area contributed by atoms with Crippen LogP contribution in [0.3, 0.4) is 0 Å². The molecule has 0 aromatic heterocycles. The Balaban J connectivity index is 2.85. The predicted octanol–water partition coefficient (Wildman–Crippen LogP) is 1.90. The average Bonchev–Trinajstić information content (AvgIpc) is 2.25. The molecule has 100 valence electrons. The predicted molar refractivity (Wildman–Crippen MR) is 71.7 cm³/mol. The third kappa shape index (κ3) is 4.75. The zero-order chi connectivity index (χ0) is 13.8. The molecular weight excluding hydrogens is 322 g/mol. The first-order chi connectivity index (χ1) is 8.34. The molecule has 0 aliphatic heterocycles. The summed E-state index contributed by atoms with van der Waals surface area (Å²) in [6, 6.07) is 6.79. The number of nitrogens with one attached hydrogen (secondary N) is 1. The van der Waals surface area contributed by atoms with E-state index >= 15 is 0 Å². The lowest BCUT2D eigenvalue weighted by atomic mass is 10.1. The molecule has 1 unspecified atom stereocenters. The number of hydrogen-bond acceptors (Lipinski definition) is 3. The summed E-state index contributed by atoms with van der Waals surface area (Å²) in [5.41, 5.74) is 0.801. The molecule has 0 radical (unpaired) electrons. The summed E-state index contributed by atoms with van der Waals surface area (Å²) in [7, 11) is -3.81. The molecule has 5 nitrogen and oxygen atoms in total. The van der Waals surface area contributed by atoms with E-state index < -0.39 is 27.8 Å². The molecule has 0 aliphatic carbocycles. The fourth-order valence-electron chi connectivity index (χ4n) is 1.50. The van der Waals surface area contributed by atoms with Crippen LogP contribution in [0.1, 0.15) is 24.9 Å². The van der Waals surface area contributed by atoms with Gasteiger partial charge in [-0.15, -0.1) is 0 Å². The summed E-state index contributed by atoms with van der Waals surface area (Å²) in [5.74, 6) is -2.28. The minimum atomic E-state index is -3.81. The highest BCUT2D eigenvalue weighted by Gasteiger charge is 2.20. The lowest BCUT2D eigenvalue weighted by molar-refractivity contribution is -0.134. The van der Waals surface area contributed by atoms with Gasteiger partial charge in [-0.25, -0.2) is 13.1 Å². The smallest absolute Gasteiger partial charge is 0.320 e. The van der Waals surface area contributed by atoms with Gasteiger partial charge in [0.25, 0.3) is 0 Å². The molecule has 0 saturated carbocycles. The van der Waals surface area contributed by atoms with Crippen molar-refractivity contribution in [1.82, 2.24) is 4.72 Å². The number of carboxylic acid groups (broad SMARTS) is 1. The lowest BCUT2D eigenvalue weighted by Crippen LogP contribution is -2.33. The van der Waals surface area contributed by atoms with E-state index in [-0.39, 0.29) is 0 Å². The van der Waals surface area contributed by atoms with Gasteiger partial charge in [-0.2, -0.15) is 0 Å². The molecule has 0 aliphatic rings. The number of carboxylic acids is 1. The van der Waals surface area contributed by atoms with E-state index in [2.05, 4.69) is 20.7 Å². The Morgan fingerprint density at radius 3 is 2.39 bits per heavy atom. The molecule has 0 amide bonds. The second-order valence-electron chi connectivity index (χ2n) is 3.78. The molecule has 0 spiro atoms. The fourth-order valence-corrected chi connectivity index (χ4v) is 2.91. The van der Waals surface area contributed by atoms with Gasteiger partial charge in [-0.1, -0.05) is 35.0 Å². The minimum absolute atomic E-state index is 0.414. The van der Waals surface area contributed by atoms with E-state index in [9.17, 15) is 13.2 Å². The van der Waals surface area contributed by atoms with Crippen molar-refractivity contribution < 1.29 is 18.3 Å². The Bertz CT molecular complexity index is 512. The van der Waals surface area contributed by atoms with E-state index in [1.165, 1.54) is 0 Å². The Kier molecular flexibility index (Phi) is 5.30. The fraction of sp³-hybridized carbons (Fsp3) is 0.364. The third-order valence-electron chi connectivity index (χ3n) is 2.32. The van der Waals surface area contributed by atoms with Gasteiger partial charge in [0.1, 0.15) is 0 Å². The number of carbonyl (C=O) groups is 1. The van der Waals surface area contributed by atoms with Crippen molar-refractivity contribution in [2.24, 2.45) is 0 Å². The normalized spacial score (nSPS) is 13.2. The van der Waals surface area contributed by atoms with Gasteiger partial charge in [-0.3, -0.25) is 4.79 Å². The molecule has 0 heterocycles. The number of aliphatic carboxylic acids is 1. The molecule has 1 aromatic rings. The standard InChI is InChI=1S/C11H14BrNO4S/c1-2-10(8-3-5-9(12)6-4-8)13-18(16,17)7-11(14)15/h3-6,10,13H,2,7H2,1H3,(H,14,15). The van der Waals surface area contributed by atoms with E-state index in [1.807, 2.05) is 19.1 Å². The van der Waals surface area contributed by atoms with Crippen molar-refractivity contribution in [3.63, 3.8) is 0 Å². The van der Waals surface area contributed by atoms with Crippen molar-refractivity contribution in [3.8, 4) is 0 Å². The largest absolute Gasteiger partial charge is 0.480 e.